The van der Waals surface area contributed by atoms with E-state index in [0.717, 1.165) is 18.2 Å². The smallest absolute Gasteiger partial charge is 0.265 e. The number of phenolic OH excluding ortho intramolecular Hbond substituents is 1. The van der Waals surface area contributed by atoms with Gasteiger partial charge in [0.1, 0.15) is 40.4 Å². The van der Waals surface area contributed by atoms with Gasteiger partial charge >= 0.3 is 0 Å². The van der Waals surface area contributed by atoms with E-state index >= 15 is 0 Å². The van der Waals surface area contributed by atoms with Crippen LogP contribution in [0, 0.1) is 11.6 Å². The first-order chi connectivity index (χ1) is 17.0. The van der Waals surface area contributed by atoms with Crippen LogP contribution in [0.2, 0.25) is 5.02 Å². The fourth-order valence-corrected chi connectivity index (χ4v) is 4.89. The molecule has 0 bridgehead atoms. The van der Waals surface area contributed by atoms with E-state index in [1.807, 2.05) is 4.72 Å². The quantitative estimate of drug-likeness (QED) is 0.322. The second-order valence-electron chi connectivity index (χ2n) is 7.73. The number of aromatic hydroxyl groups is 1. The number of hydrogen-bond acceptors (Lipinski definition) is 7. The summed E-state index contributed by atoms with van der Waals surface area (Å²) in [6.07, 6.45) is 0.0155. The fraction of sp³-hybridized carbons (Fsp3) is 0.208. The maximum atomic E-state index is 15.0. The minimum absolute atomic E-state index is 0.132. The number of benzene rings is 3. The van der Waals surface area contributed by atoms with Crippen molar-refractivity contribution in [2.75, 3.05) is 25.4 Å². The molecule has 0 aliphatic heterocycles. The van der Waals surface area contributed by atoms with E-state index < -0.39 is 43.0 Å². The highest BCUT2D eigenvalue weighted by molar-refractivity contribution is 7.92. The number of likely N-dealkylation sites (N-methyl/N-ethyl adjacent to an activating group) is 1. The van der Waals surface area contributed by atoms with Crippen molar-refractivity contribution in [3.63, 3.8) is 0 Å². The summed E-state index contributed by atoms with van der Waals surface area (Å²) in [6.45, 7) is 2.27. The largest absolute Gasteiger partial charge is 0.505 e. The standard InChI is InChI=1S/C24H23ClF2N2O6S/c1-13(11-28-2)35-22-5-4-15(34-3)8-17(22)16-9-21(20(27)10-19(16)26)29-36(32,33)23-7-14(12-30)6-18(25)24(23)31/h4-10,12-13,28-29,31H,11H2,1-3H3/t13-/m0/s1. The monoisotopic (exact) mass is 540 g/mol. The Kier molecular flexibility index (Phi) is 8.39. The lowest BCUT2D eigenvalue weighted by Crippen LogP contribution is -2.26. The van der Waals surface area contributed by atoms with Gasteiger partial charge < -0.3 is 19.9 Å². The topological polar surface area (TPSA) is 114 Å². The van der Waals surface area contributed by atoms with Crippen LogP contribution in [0.5, 0.6) is 17.2 Å². The predicted octanol–water partition coefficient (Wildman–Crippen LogP) is 4.60. The number of halogens is 3. The van der Waals surface area contributed by atoms with Gasteiger partial charge in [0.2, 0.25) is 0 Å². The van der Waals surface area contributed by atoms with Crippen molar-refractivity contribution >= 4 is 33.6 Å². The van der Waals surface area contributed by atoms with E-state index in [1.165, 1.54) is 13.2 Å². The summed E-state index contributed by atoms with van der Waals surface area (Å²) in [5, 5.41) is 12.7. The van der Waals surface area contributed by atoms with Gasteiger partial charge in [0.05, 0.1) is 17.8 Å². The average molecular weight is 541 g/mol. The lowest BCUT2D eigenvalue weighted by Gasteiger charge is -2.19. The number of aldehydes is 1. The first kappa shape index (κ1) is 27.2. The molecule has 3 N–H and O–H groups in total. The highest BCUT2D eigenvalue weighted by Crippen LogP contribution is 2.39. The van der Waals surface area contributed by atoms with Gasteiger partial charge in [-0.15, -0.1) is 0 Å². The second kappa shape index (κ2) is 11.1. The van der Waals surface area contributed by atoms with Crippen molar-refractivity contribution in [2.45, 2.75) is 17.9 Å². The fourth-order valence-electron chi connectivity index (χ4n) is 3.40. The molecule has 3 aromatic rings. The summed E-state index contributed by atoms with van der Waals surface area (Å²) >= 11 is 5.82. The molecule has 0 saturated carbocycles. The van der Waals surface area contributed by atoms with Crippen molar-refractivity contribution in [1.82, 2.24) is 5.32 Å². The van der Waals surface area contributed by atoms with Crippen molar-refractivity contribution in [3.8, 4) is 28.4 Å². The van der Waals surface area contributed by atoms with Gasteiger partial charge in [0.15, 0.2) is 5.75 Å². The number of sulfonamides is 1. The number of carbonyl (C=O) groups excluding carboxylic acids is 1. The Morgan fingerprint density at radius 2 is 1.83 bits per heavy atom. The molecular weight excluding hydrogens is 518 g/mol. The number of ether oxygens (including phenoxy) is 2. The number of nitrogens with one attached hydrogen (secondary N) is 2. The summed E-state index contributed by atoms with van der Waals surface area (Å²) in [5.41, 5.74) is -0.740. The Balaban J connectivity index is 2.12. The summed E-state index contributed by atoms with van der Waals surface area (Å²) in [4.78, 5) is 10.4. The molecular formula is C24H23ClF2N2O6S. The lowest BCUT2D eigenvalue weighted by molar-refractivity contribution is 0.112. The predicted molar refractivity (Wildman–Crippen MR) is 132 cm³/mol. The van der Waals surface area contributed by atoms with Gasteiger partial charge in [0, 0.05) is 29.3 Å². The minimum atomic E-state index is -4.65. The highest BCUT2D eigenvalue weighted by Gasteiger charge is 2.25. The van der Waals surface area contributed by atoms with E-state index in [4.69, 9.17) is 21.1 Å². The molecule has 0 aliphatic carbocycles. The first-order valence-electron chi connectivity index (χ1n) is 10.5. The normalized spacial score (nSPS) is 12.2. The van der Waals surface area contributed by atoms with E-state index in [0.29, 0.717) is 24.6 Å². The molecule has 0 spiro atoms. The van der Waals surface area contributed by atoms with Crippen LogP contribution in [0.1, 0.15) is 17.3 Å². The first-order valence-corrected chi connectivity index (χ1v) is 12.4. The molecule has 0 radical (unpaired) electrons. The molecule has 1 atom stereocenters. The molecule has 3 aromatic carbocycles. The Morgan fingerprint density at radius 3 is 2.47 bits per heavy atom. The van der Waals surface area contributed by atoms with E-state index in [1.54, 1.807) is 26.1 Å². The highest BCUT2D eigenvalue weighted by atomic mass is 35.5. The second-order valence-corrected chi connectivity index (χ2v) is 9.79. The third-order valence-electron chi connectivity index (χ3n) is 5.07. The number of carbonyl (C=O) groups is 1. The van der Waals surface area contributed by atoms with Gasteiger partial charge in [-0.05, 0) is 50.4 Å². The molecule has 0 unspecified atom stereocenters. The molecule has 8 nitrogen and oxygen atoms in total. The molecule has 3 rings (SSSR count). The minimum Gasteiger partial charge on any atom is -0.505 e. The molecule has 0 aliphatic rings. The zero-order valence-electron chi connectivity index (χ0n) is 19.4. The van der Waals surface area contributed by atoms with Crippen molar-refractivity contribution in [2.24, 2.45) is 0 Å². The molecule has 0 saturated heterocycles. The maximum Gasteiger partial charge on any atom is 0.265 e. The lowest BCUT2D eigenvalue weighted by atomic mass is 10.0. The average Bonchev–Trinajstić information content (AvgIpc) is 2.82. The third kappa shape index (κ3) is 5.86. The van der Waals surface area contributed by atoms with Crippen molar-refractivity contribution in [3.05, 3.63) is 64.7 Å². The van der Waals surface area contributed by atoms with Crippen LogP contribution < -0.4 is 19.5 Å². The van der Waals surface area contributed by atoms with Crippen molar-refractivity contribution in [1.29, 1.82) is 0 Å². The SMILES string of the molecule is CNC[C@H](C)Oc1ccc(OC)cc1-c1cc(NS(=O)(=O)c2cc(C=O)cc(Cl)c2O)c(F)cc1F. The molecule has 0 amide bonds. The summed E-state index contributed by atoms with van der Waals surface area (Å²) in [6, 6.07) is 8.03. The Morgan fingerprint density at radius 1 is 1.11 bits per heavy atom. The van der Waals surface area contributed by atoms with Crippen LogP contribution in [-0.4, -0.2) is 46.6 Å². The van der Waals surface area contributed by atoms with Crippen LogP contribution in [0.15, 0.2) is 47.4 Å². The molecule has 0 fully saturated rings. The summed E-state index contributed by atoms with van der Waals surface area (Å²) in [7, 11) is -1.50. The molecule has 192 valence electrons. The number of rotatable bonds is 10. The van der Waals surface area contributed by atoms with Crippen LogP contribution in [0.25, 0.3) is 11.1 Å². The van der Waals surface area contributed by atoms with E-state index in [2.05, 4.69) is 5.32 Å². The van der Waals surface area contributed by atoms with E-state index in [-0.39, 0.29) is 28.5 Å². The Bertz CT molecular complexity index is 1400. The molecule has 0 aromatic heterocycles. The molecule has 0 heterocycles. The van der Waals surface area contributed by atoms with Gasteiger partial charge in [-0.3, -0.25) is 9.52 Å². The number of hydrogen-bond donors (Lipinski definition) is 3. The maximum absolute atomic E-state index is 15.0. The van der Waals surface area contributed by atoms with Gasteiger partial charge in [-0.25, -0.2) is 17.2 Å². The zero-order chi connectivity index (χ0) is 26.6. The number of anilines is 1. The van der Waals surface area contributed by atoms with Gasteiger partial charge in [0.25, 0.3) is 10.0 Å². The summed E-state index contributed by atoms with van der Waals surface area (Å²) < 4.78 is 68.7. The van der Waals surface area contributed by atoms with Crippen LogP contribution >= 0.6 is 11.6 Å². The van der Waals surface area contributed by atoms with Gasteiger partial charge in [-0.1, -0.05) is 11.6 Å². The third-order valence-corrected chi connectivity index (χ3v) is 6.74. The Labute approximate surface area is 211 Å². The number of methoxy groups -OCH3 is 1. The van der Waals surface area contributed by atoms with Crippen LogP contribution in [0.3, 0.4) is 0 Å². The molecule has 12 heteroatoms. The van der Waals surface area contributed by atoms with Crippen molar-refractivity contribution < 1.29 is 36.6 Å². The van der Waals surface area contributed by atoms with Crippen LogP contribution in [-0.2, 0) is 10.0 Å². The summed E-state index contributed by atoms with van der Waals surface area (Å²) in [5.74, 6) is -2.43. The number of phenols is 1. The zero-order valence-corrected chi connectivity index (χ0v) is 21.0. The molecule has 36 heavy (non-hydrogen) atoms. The Hall–Kier alpha value is -3.41. The van der Waals surface area contributed by atoms with Gasteiger partial charge in [-0.2, -0.15) is 0 Å². The van der Waals surface area contributed by atoms with Crippen LogP contribution in [0.4, 0.5) is 14.5 Å². The van der Waals surface area contributed by atoms with E-state index in [9.17, 15) is 27.1 Å².